The molecule has 0 unspecified atom stereocenters. The van der Waals surface area contributed by atoms with Crippen LogP contribution in [0.4, 0.5) is 0 Å². The third-order valence-corrected chi connectivity index (χ3v) is 4.94. The summed E-state index contributed by atoms with van der Waals surface area (Å²) in [6, 6.07) is 0. The van der Waals surface area contributed by atoms with Gasteiger partial charge in [0.1, 0.15) is 34.9 Å². The zero-order valence-corrected chi connectivity index (χ0v) is 14.1. The Bertz CT molecular complexity index is 510. The minimum absolute atomic E-state index is 0.0921. The number of aliphatic hydroxyl groups is 4. The summed E-state index contributed by atoms with van der Waals surface area (Å²) in [7, 11) is -4.78. The number of hydrogen-bond donors (Lipinski definition) is 5. The zero-order valence-electron chi connectivity index (χ0n) is 12.5. The molecule has 5 N–H and O–H groups in total. The lowest BCUT2D eigenvalue weighted by Crippen LogP contribution is -2.57. The first-order valence-electron chi connectivity index (χ1n) is 6.81. The summed E-state index contributed by atoms with van der Waals surface area (Å²) >= 11 is 0.767. The average molecular weight is 375 g/mol. The van der Waals surface area contributed by atoms with Crippen molar-refractivity contribution in [3.05, 3.63) is 0 Å². The molecule has 12 heteroatoms. The Morgan fingerprint density at radius 1 is 1.30 bits per heavy atom. The van der Waals surface area contributed by atoms with Crippen molar-refractivity contribution < 1.29 is 42.4 Å². The van der Waals surface area contributed by atoms with E-state index in [4.69, 9.17) is 14.4 Å². The van der Waals surface area contributed by atoms with Crippen molar-refractivity contribution in [3.8, 4) is 0 Å². The molecule has 0 aromatic rings. The van der Waals surface area contributed by atoms with Crippen molar-refractivity contribution in [2.45, 2.75) is 50.1 Å². The molecule has 0 radical (unpaired) electrons. The van der Waals surface area contributed by atoms with Gasteiger partial charge in [-0.15, -0.1) is 0 Å². The first-order chi connectivity index (χ1) is 10.6. The highest BCUT2D eigenvalue weighted by Crippen LogP contribution is 2.31. The minimum atomic E-state index is -4.78. The van der Waals surface area contributed by atoms with Crippen LogP contribution in [0.3, 0.4) is 0 Å². The SMILES string of the molecule is CC[C@H](C)/C(=N/OS(=O)(=O)O)S[C@@H]1O[C@H](CO)[C@@H](O)[C@H](O)[C@H]1O. The Labute approximate surface area is 138 Å². The summed E-state index contributed by atoms with van der Waals surface area (Å²) in [4.78, 5) is 0. The van der Waals surface area contributed by atoms with Crippen LogP contribution in [0.2, 0.25) is 0 Å². The topological polar surface area (TPSA) is 166 Å². The maximum absolute atomic E-state index is 10.6. The predicted molar refractivity (Wildman–Crippen MR) is 80.9 cm³/mol. The third-order valence-electron chi connectivity index (χ3n) is 3.34. The van der Waals surface area contributed by atoms with Gasteiger partial charge >= 0.3 is 10.4 Å². The molecule has 1 heterocycles. The summed E-state index contributed by atoms with van der Waals surface area (Å²) in [5.74, 6) is -0.297. The molecular formula is C11H21NO9S2. The van der Waals surface area contributed by atoms with Gasteiger partial charge in [-0.25, -0.2) is 4.28 Å². The van der Waals surface area contributed by atoms with E-state index in [9.17, 15) is 23.7 Å². The largest absolute Gasteiger partial charge is 0.466 e. The van der Waals surface area contributed by atoms with Crippen LogP contribution in [0.1, 0.15) is 20.3 Å². The van der Waals surface area contributed by atoms with Crippen LogP contribution in [0.25, 0.3) is 0 Å². The lowest BCUT2D eigenvalue weighted by molar-refractivity contribution is -0.205. The lowest BCUT2D eigenvalue weighted by atomic mass is 10.0. The summed E-state index contributed by atoms with van der Waals surface area (Å²) in [6.45, 7) is 2.91. The molecule has 23 heavy (non-hydrogen) atoms. The van der Waals surface area contributed by atoms with Gasteiger partial charge in [0.2, 0.25) is 0 Å². The number of ether oxygens (including phenoxy) is 1. The van der Waals surface area contributed by atoms with Gasteiger partial charge in [0.05, 0.1) is 6.61 Å². The minimum Gasteiger partial charge on any atom is -0.394 e. The van der Waals surface area contributed by atoms with Crippen molar-refractivity contribution in [1.82, 2.24) is 0 Å². The summed E-state index contributed by atoms with van der Waals surface area (Å²) in [5, 5.41) is 41.9. The monoisotopic (exact) mass is 375 g/mol. The number of hydrogen-bond acceptors (Lipinski definition) is 10. The van der Waals surface area contributed by atoms with E-state index in [1.165, 1.54) is 0 Å². The number of thioether (sulfide) groups is 1. The summed E-state index contributed by atoms with van der Waals surface area (Å²) in [6.07, 6.45) is -5.11. The van der Waals surface area contributed by atoms with Crippen molar-refractivity contribution >= 4 is 27.2 Å². The standard InChI is InChI=1S/C11H21NO9S2/c1-3-5(2)10(12-21-23(17,18)19)22-11-9(16)8(15)7(14)6(4-13)20-11/h5-9,11,13-16H,3-4H2,1-2H3,(H,17,18,19)/b12-10-/t5-,6+,7+,8-,9+,11-/m0/s1. The predicted octanol–water partition coefficient (Wildman–Crippen LogP) is -1.30. The molecular weight excluding hydrogens is 354 g/mol. The first-order valence-corrected chi connectivity index (χ1v) is 9.06. The number of aliphatic hydroxyl groups excluding tert-OH is 4. The Balaban J connectivity index is 2.93. The van der Waals surface area contributed by atoms with E-state index < -0.39 is 46.9 Å². The van der Waals surface area contributed by atoms with Gasteiger partial charge in [0.15, 0.2) is 0 Å². The molecule has 10 nitrogen and oxygen atoms in total. The summed E-state index contributed by atoms with van der Waals surface area (Å²) in [5.41, 5.74) is -1.12. The van der Waals surface area contributed by atoms with Gasteiger partial charge in [-0.3, -0.25) is 4.55 Å². The molecule has 0 saturated carbocycles. The van der Waals surface area contributed by atoms with Crippen LogP contribution >= 0.6 is 11.8 Å². The maximum Gasteiger partial charge on any atom is 0.466 e. The fourth-order valence-corrected chi connectivity index (χ4v) is 3.21. The van der Waals surface area contributed by atoms with E-state index in [2.05, 4.69) is 9.44 Å². The van der Waals surface area contributed by atoms with E-state index in [1.807, 2.05) is 0 Å². The fourth-order valence-electron chi connectivity index (χ4n) is 1.77. The van der Waals surface area contributed by atoms with Crippen LogP contribution in [-0.2, 0) is 19.4 Å². The molecule has 1 saturated heterocycles. The zero-order chi connectivity index (χ0) is 17.8. The van der Waals surface area contributed by atoms with Crippen LogP contribution in [0.15, 0.2) is 5.16 Å². The van der Waals surface area contributed by atoms with Crippen molar-refractivity contribution in [2.75, 3.05) is 6.61 Å². The van der Waals surface area contributed by atoms with Gasteiger partial charge in [0, 0.05) is 5.92 Å². The molecule has 136 valence electrons. The van der Waals surface area contributed by atoms with Crippen LogP contribution < -0.4 is 0 Å². The molecule has 0 bridgehead atoms. The van der Waals surface area contributed by atoms with Crippen molar-refractivity contribution in [3.63, 3.8) is 0 Å². The Morgan fingerprint density at radius 3 is 2.39 bits per heavy atom. The molecule has 0 aromatic heterocycles. The Morgan fingerprint density at radius 2 is 1.91 bits per heavy atom. The molecule has 6 atom stereocenters. The highest BCUT2D eigenvalue weighted by Gasteiger charge is 2.44. The Kier molecular flexibility index (Phi) is 7.67. The van der Waals surface area contributed by atoms with E-state index in [0.717, 1.165) is 11.8 Å². The highest BCUT2D eigenvalue weighted by atomic mass is 32.3. The normalized spacial score (nSPS) is 34.2. The van der Waals surface area contributed by atoms with Crippen LogP contribution in [0.5, 0.6) is 0 Å². The van der Waals surface area contributed by atoms with Crippen LogP contribution in [0, 0.1) is 5.92 Å². The second-order valence-corrected chi connectivity index (χ2v) is 7.18. The van der Waals surface area contributed by atoms with Gasteiger partial charge < -0.3 is 25.2 Å². The molecule has 0 spiro atoms. The van der Waals surface area contributed by atoms with Gasteiger partial charge in [-0.2, -0.15) is 8.42 Å². The lowest BCUT2D eigenvalue weighted by Gasteiger charge is -2.39. The molecule has 1 aliphatic rings. The van der Waals surface area contributed by atoms with E-state index in [1.54, 1.807) is 13.8 Å². The fraction of sp³-hybridized carbons (Fsp3) is 0.909. The van der Waals surface area contributed by atoms with Crippen LogP contribution in [-0.4, -0.2) is 74.9 Å². The first kappa shape index (κ1) is 20.6. The molecule has 1 fully saturated rings. The van der Waals surface area contributed by atoms with Crippen molar-refractivity contribution in [2.24, 2.45) is 11.1 Å². The maximum atomic E-state index is 10.6. The highest BCUT2D eigenvalue weighted by molar-refractivity contribution is 8.14. The van der Waals surface area contributed by atoms with E-state index >= 15 is 0 Å². The molecule has 1 rings (SSSR count). The quantitative estimate of drug-likeness (QED) is 0.163. The van der Waals surface area contributed by atoms with E-state index in [0.29, 0.717) is 6.42 Å². The molecule has 0 aromatic carbocycles. The third kappa shape index (κ3) is 5.83. The number of oxime groups is 1. The summed E-state index contributed by atoms with van der Waals surface area (Å²) < 4.78 is 39.1. The Hall–Kier alpha value is -0.470. The van der Waals surface area contributed by atoms with Gasteiger partial charge in [-0.1, -0.05) is 30.8 Å². The second kappa shape index (κ2) is 8.58. The smallest absolute Gasteiger partial charge is 0.394 e. The average Bonchev–Trinajstić information content (AvgIpc) is 2.49. The molecule has 0 amide bonds. The second-order valence-electron chi connectivity index (χ2n) is 5.06. The van der Waals surface area contributed by atoms with Gasteiger partial charge in [0.25, 0.3) is 0 Å². The number of nitrogens with zero attached hydrogens (tertiary/aromatic N) is 1. The number of rotatable bonds is 6. The van der Waals surface area contributed by atoms with Crippen molar-refractivity contribution in [1.29, 1.82) is 0 Å². The van der Waals surface area contributed by atoms with E-state index in [-0.39, 0.29) is 11.0 Å². The van der Waals surface area contributed by atoms with Gasteiger partial charge in [-0.05, 0) is 6.42 Å². The molecule has 0 aliphatic carbocycles. The molecule has 1 aliphatic heterocycles.